The molecule has 5 rings (SSSR count). The molecule has 144 valence electrons. The monoisotopic (exact) mass is 395 g/mol. The number of nitrogens with zero attached hydrogens (tertiary/aromatic N) is 3. The summed E-state index contributed by atoms with van der Waals surface area (Å²) in [6, 6.07) is 21.4. The van der Waals surface area contributed by atoms with Crippen LogP contribution in [-0.4, -0.2) is 21.2 Å². The van der Waals surface area contributed by atoms with Crippen molar-refractivity contribution < 1.29 is 14.5 Å². The molecule has 0 N–H and O–H groups in total. The molecule has 7 heteroatoms. The summed E-state index contributed by atoms with van der Waals surface area (Å²) in [5.41, 5.74) is 2.01. The van der Waals surface area contributed by atoms with Crippen LogP contribution in [-0.2, 0) is 0 Å². The second-order valence-corrected chi connectivity index (χ2v) is 6.83. The summed E-state index contributed by atoms with van der Waals surface area (Å²) in [7, 11) is 0. The molecule has 0 spiro atoms. The Bertz CT molecular complexity index is 1450. The molecule has 7 nitrogen and oxygen atoms in total. The third kappa shape index (κ3) is 2.64. The van der Waals surface area contributed by atoms with Crippen molar-refractivity contribution >= 4 is 34.0 Å². The van der Waals surface area contributed by atoms with Gasteiger partial charge in [0.1, 0.15) is 0 Å². The smallest absolute Gasteiger partial charge is 0.269 e. The molecule has 0 saturated heterocycles. The quantitative estimate of drug-likeness (QED) is 0.333. The van der Waals surface area contributed by atoms with Crippen LogP contribution in [0.25, 0.3) is 10.9 Å². The number of pyridine rings is 1. The van der Waals surface area contributed by atoms with Gasteiger partial charge < -0.3 is 0 Å². The van der Waals surface area contributed by atoms with Gasteiger partial charge in [-0.15, -0.1) is 0 Å². The lowest BCUT2D eigenvalue weighted by molar-refractivity contribution is -0.384. The Balaban J connectivity index is 1.79. The minimum absolute atomic E-state index is 0.0304. The second-order valence-electron chi connectivity index (χ2n) is 6.83. The van der Waals surface area contributed by atoms with E-state index >= 15 is 0 Å². The Hall–Kier alpha value is -4.39. The number of carbonyl (C=O) groups excluding carboxylic acids is 2. The van der Waals surface area contributed by atoms with Gasteiger partial charge in [-0.2, -0.15) is 0 Å². The first kappa shape index (κ1) is 17.7. The van der Waals surface area contributed by atoms with Crippen LogP contribution < -0.4 is 5.36 Å². The number of fused-ring (bicyclic) bond motifs is 4. The van der Waals surface area contributed by atoms with Crippen molar-refractivity contribution in [2.45, 2.75) is 0 Å². The van der Waals surface area contributed by atoms with E-state index in [0.29, 0.717) is 33.1 Å². The van der Waals surface area contributed by atoms with Gasteiger partial charge in [-0.1, -0.05) is 36.4 Å². The molecule has 0 aliphatic carbocycles. The van der Waals surface area contributed by atoms with Crippen molar-refractivity contribution in [1.82, 2.24) is 4.57 Å². The molecule has 4 aromatic rings. The highest BCUT2D eigenvalue weighted by Crippen LogP contribution is 2.26. The van der Waals surface area contributed by atoms with E-state index in [1.165, 1.54) is 16.7 Å². The first-order chi connectivity index (χ1) is 14.5. The molecule has 3 aromatic carbocycles. The molecule has 2 heterocycles. The van der Waals surface area contributed by atoms with Crippen LogP contribution in [0, 0.1) is 10.1 Å². The Kier molecular flexibility index (Phi) is 3.89. The number of hydrogen-bond acceptors (Lipinski definition) is 5. The summed E-state index contributed by atoms with van der Waals surface area (Å²) in [5, 5.41) is 12.1. The number of non-ortho nitro benzene ring substituents is 1. The van der Waals surface area contributed by atoms with Crippen molar-refractivity contribution in [3.63, 3.8) is 0 Å². The number of benzene rings is 3. The zero-order valence-electron chi connectivity index (χ0n) is 15.5. The summed E-state index contributed by atoms with van der Waals surface area (Å²) in [6.07, 6.45) is 0. The number of rotatable bonds is 2. The van der Waals surface area contributed by atoms with E-state index in [9.17, 15) is 19.7 Å². The molecule has 1 aromatic heterocycles. The molecular weight excluding hydrogens is 382 g/mol. The van der Waals surface area contributed by atoms with E-state index in [1.54, 1.807) is 54.6 Å². The predicted octanol–water partition coefficient (Wildman–Crippen LogP) is 4.01. The van der Waals surface area contributed by atoms with E-state index in [0.717, 1.165) is 0 Å². The summed E-state index contributed by atoms with van der Waals surface area (Å²) < 4.78 is 1.43. The van der Waals surface area contributed by atoms with Gasteiger partial charge in [0.15, 0.2) is 0 Å². The zero-order chi connectivity index (χ0) is 20.8. The van der Waals surface area contributed by atoms with Gasteiger partial charge in [0.05, 0.1) is 32.7 Å². The van der Waals surface area contributed by atoms with Gasteiger partial charge in [0.25, 0.3) is 11.6 Å². The number of carbonyl (C=O) groups is 2. The van der Waals surface area contributed by atoms with Gasteiger partial charge in [0, 0.05) is 23.1 Å². The van der Waals surface area contributed by atoms with Gasteiger partial charge in [-0.05, 0) is 30.3 Å². The predicted molar refractivity (Wildman–Crippen MR) is 110 cm³/mol. The second kappa shape index (κ2) is 6.59. The average Bonchev–Trinajstić information content (AvgIpc) is 2.77. The Morgan fingerprint density at radius 1 is 0.833 bits per heavy atom. The van der Waals surface area contributed by atoms with Gasteiger partial charge >= 0.3 is 0 Å². The van der Waals surface area contributed by atoms with Gasteiger partial charge in [-0.25, -0.2) is 4.99 Å². The van der Waals surface area contributed by atoms with Crippen molar-refractivity contribution in [3.8, 4) is 0 Å². The highest BCUT2D eigenvalue weighted by atomic mass is 16.6. The van der Waals surface area contributed by atoms with Gasteiger partial charge in [0.2, 0.25) is 5.78 Å². The molecular formula is C23H13N3O4. The van der Waals surface area contributed by atoms with Crippen LogP contribution >= 0.6 is 0 Å². The van der Waals surface area contributed by atoms with E-state index < -0.39 is 4.92 Å². The summed E-state index contributed by atoms with van der Waals surface area (Å²) >= 11 is 0. The third-order valence-electron chi connectivity index (χ3n) is 5.08. The minimum Gasteiger partial charge on any atom is -0.287 e. The Labute approximate surface area is 169 Å². The van der Waals surface area contributed by atoms with Crippen LogP contribution in [0.2, 0.25) is 0 Å². The molecule has 0 saturated carbocycles. The fraction of sp³-hybridized carbons (Fsp3) is 0. The zero-order valence-corrected chi connectivity index (χ0v) is 15.5. The number of hydrogen-bond donors (Lipinski definition) is 0. The van der Waals surface area contributed by atoms with E-state index in [2.05, 4.69) is 4.99 Å². The molecule has 0 atom stereocenters. The maximum absolute atomic E-state index is 13.2. The number of aromatic nitrogens is 1. The minimum atomic E-state index is -0.476. The number of nitro groups is 1. The Morgan fingerprint density at radius 3 is 2.23 bits per heavy atom. The normalized spacial score (nSPS) is 13.3. The van der Waals surface area contributed by atoms with Crippen molar-refractivity contribution in [3.05, 3.63) is 111 Å². The highest BCUT2D eigenvalue weighted by Gasteiger charge is 2.30. The SMILES string of the molecule is O=C1c2ccccc2C(=O)n2c1cc(=Nc1ccc([N+](=O)[O-])cc1)c1ccccc12. The number of ketones is 1. The lowest BCUT2D eigenvalue weighted by atomic mass is 9.95. The molecule has 30 heavy (non-hydrogen) atoms. The van der Waals surface area contributed by atoms with Crippen molar-refractivity contribution in [2.75, 3.05) is 0 Å². The molecule has 1 aliphatic rings. The molecule has 1 aliphatic heterocycles. The molecule has 0 fully saturated rings. The first-order valence-corrected chi connectivity index (χ1v) is 9.17. The molecule has 0 amide bonds. The van der Waals surface area contributed by atoms with Crippen LogP contribution in [0.5, 0.6) is 0 Å². The maximum atomic E-state index is 13.2. The number of nitro benzene ring substituents is 1. The first-order valence-electron chi connectivity index (χ1n) is 9.17. The largest absolute Gasteiger partial charge is 0.287 e. The molecule has 0 radical (unpaired) electrons. The third-order valence-corrected chi connectivity index (χ3v) is 5.08. The van der Waals surface area contributed by atoms with Gasteiger partial charge in [-0.3, -0.25) is 24.3 Å². The lowest BCUT2D eigenvalue weighted by Gasteiger charge is -2.21. The average molecular weight is 395 g/mol. The van der Waals surface area contributed by atoms with Crippen LogP contribution in [0.15, 0.2) is 83.9 Å². The fourth-order valence-corrected chi connectivity index (χ4v) is 3.68. The molecule has 0 unspecified atom stereocenters. The van der Waals surface area contributed by atoms with E-state index in [1.807, 2.05) is 12.1 Å². The highest BCUT2D eigenvalue weighted by molar-refractivity contribution is 6.22. The maximum Gasteiger partial charge on any atom is 0.269 e. The van der Waals surface area contributed by atoms with Crippen molar-refractivity contribution in [1.29, 1.82) is 0 Å². The summed E-state index contributed by atoms with van der Waals surface area (Å²) in [4.78, 5) is 41.3. The lowest BCUT2D eigenvalue weighted by Crippen LogP contribution is -2.30. The van der Waals surface area contributed by atoms with E-state index in [4.69, 9.17) is 0 Å². The van der Waals surface area contributed by atoms with Crippen molar-refractivity contribution in [2.24, 2.45) is 4.99 Å². The molecule has 0 bridgehead atoms. The van der Waals surface area contributed by atoms with Crippen LogP contribution in [0.3, 0.4) is 0 Å². The van der Waals surface area contributed by atoms with E-state index in [-0.39, 0.29) is 23.1 Å². The Morgan fingerprint density at radius 2 is 1.50 bits per heavy atom. The summed E-state index contributed by atoms with van der Waals surface area (Å²) in [6.45, 7) is 0. The van der Waals surface area contributed by atoms with Crippen LogP contribution in [0.1, 0.15) is 26.4 Å². The summed E-state index contributed by atoms with van der Waals surface area (Å²) in [5.74, 6) is -0.519. The standard InChI is InChI=1S/C23H13N3O4/c27-22-16-5-1-2-6-17(16)23(28)25-20-8-4-3-7-18(20)19(13-21(22)25)24-14-9-11-15(12-10-14)26(29)30/h1-13H. The fourth-order valence-electron chi connectivity index (χ4n) is 3.68. The number of para-hydroxylation sites is 1. The van der Waals surface area contributed by atoms with Crippen LogP contribution in [0.4, 0.5) is 11.4 Å². The topological polar surface area (TPSA) is 94.6 Å².